The maximum atomic E-state index is 13.2. The van der Waals surface area contributed by atoms with Crippen molar-refractivity contribution in [1.82, 2.24) is 20.1 Å². The monoisotopic (exact) mass is 364 g/mol. The topological polar surface area (TPSA) is 76.9 Å². The van der Waals surface area contributed by atoms with Gasteiger partial charge in [0.05, 0.1) is 5.25 Å². The normalized spacial score (nSPS) is 19.0. The molecule has 2 atom stereocenters. The fraction of sp³-hybridized carbons (Fsp3) is 0.158. The Hall–Kier alpha value is -2.93. The molecule has 6 nitrogen and oxygen atoms in total. The van der Waals surface area contributed by atoms with Crippen LogP contribution in [0.5, 0.6) is 0 Å². The van der Waals surface area contributed by atoms with Gasteiger partial charge in [-0.15, -0.1) is 10.2 Å². The number of fused-ring (bicyclic) bond motifs is 1. The highest BCUT2D eigenvalue weighted by Gasteiger charge is 2.40. The molecule has 0 bridgehead atoms. The van der Waals surface area contributed by atoms with Crippen molar-refractivity contribution in [2.75, 3.05) is 0 Å². The number of carbonyl (C=O) groups excluding carboxylic acids is 2. The maximum Gasteiger partial charge on any atom is 0.258 e. The van der Waals surface area contributed by atoms with Crippen LogP contribution >= 0.6 is 11.8 Å². The molecule has 1 N–H and O–H groups in total. The van der Waals surface area contributed by atoms with E-state index in [1.54, 1.807) is 0 Å². The standard InChI is InChI=1S/C19H16N4O2S/c1-12(24)20-15-16(13-8-4-2-5-9-13)26-19-22-21-17(23(19)18(15)25)14-10-6-3-7-11-14/h2-11,15-16H,1H3,(H,20,24)/t15-,16+/m0/s1. The summed E-state index contributed by atoms with van der Waals surface area (Å²) in [7, 11) is 0. The molecule has 0 fully saturated rings. The lowest BCUT2D eigenvalue weighted by Gasteiger charge is -2.30. The van der Waals surface area contributed by atoms with Crippen LogP contribution in [0.2, 0.25) is 0 Å². The van der Waals surface area contributed by atoms with Crippen molar-refractivity contribution in [2.24, 2.45) is 0 Å². The van der Waals surface area contributed by atoms with E-state index >= 15 is 0 Å². The van der Waals surface area contributed by atoms with Gasteiger partial charge in [0.25, 0.3) is 5.91 Å². The molecule has 0 radical (unpaired) electrons. The van der Waals surface area contributed by atoms with Gasteiger partial charge in [0.1, 0.15) is 6.04 Å². The molecular weight excluding hydrogens is 348 g/mol. The number of thioether (sulfide) groups is 1. The molecule has 130 valence electrons. The lowest BCUT2D eigenvalue weighted by atomic mass is 10.0. The number of aromatic nitrogens is 3. The fourth-order valence-electron chi connectivity index (χ4n) is 3.03. The lowest BCUT2D eigenvalue weighted by molar-refractivity contribution is -0.119. The molecule has 2 aromatic carbocycles. The maximum absolute atomic E-state index is 13.2. The summed E-state index contributed by atoms with van der Waals surface area (Å²) in [6.45, 7) is 1.42. The third-order valence-electron chi connectivity index (χ3n) is 4.17. The van der Waals surface area contributed by atoms with E-state index in [2.05, 4.69) is 15.5 Å². The van der Waals surface area contributed by atoms with Crippen molar-refractivity contribution >= 4 is 23.6 Å². The number of hydrogen-bond donors (Lipinski definition) is 1. The molecule has 1 aliphatic rings. The summed E-state index contributed by atoms with van der Waals surface area (Å²) < 4.78 is 1.50. The largest absolute Gasteiger partial charge is 0.343 e. The van der Waals surface area contributed by atoms with E-state index < -0.39 is 6.04 Å². The van der Waals surface area contributed by atoms with Crippen LogP contribution in [0.3, 0.4) is 0 Å². The second kappa shape index (κ2) is 6.76. The Kier molecular flexibility index (Phi) is 4.30. The van der Waals surface area contributed by atoms with Crippen molar-refractivity contribution in [1.29, 1.82) is 0 Å². The number of hydrogen-bond acceptors (Lipinski definition) is 5. The van der Waals surface area contributed by atoms with E-state index in [9.17, 15) is 9.59 Å². The summed E-state index contributed by atoms with van der Waals surface area (Å²) in [5.74, 6) is 0.00860. The molecule has 1 aromatic heterocycles. The van der Waals surface area contributed by atoms with Crippen LogP contribution in [0.1, 0.15) is 22.5 Å². The zero-order valence-corrected chi connectivity index (χ0v) is 14.8. The van der Waals surface area contributed by atoms with Gasteiger partial charge in [0.2, 0.25) is 5.91 Å². The van der Waals surface area contributed by atoms with Crippen LogP contribution in [0, 0.1) is 0 Å². The van der Waals surface area contributed by atoms with Crippen LogP contribution < -0.4 is 5.32 Å². The second-order valence-corrected chi connectivity index (χ2v) is 7.08. The minimum atomic E-state index is -0.689. The van der Waals surface area contributed by atoms with Crippen molar-refractivity contribution in [3.05, 3.63) is 66.2 Å². The van der Waals surface area contributed by atoms with Gasteiger partial charge in [-0.2, -0.15) is 0 Å². The van der Waals surface area contributed by atoms with Crippen LogP contribution in [0.15, 0.2) is 65.8 Å². The quantitative estimate of drug-likeness (QED) is 0.773. The van der Waals surface area contributed by atoms with Gasteiger partial charge in [-0.1, -0.05) is 72.4 Å². The smallest absolute Gasteiger partial charge is 0.258 e. The third-order valence-corrected chi connectivity index (χ3v) is 5.45. The van der Waals surface area contributed by atoms with Gasteiger partial charge >= 0.3 is 0 Å². The van der Waals surface area contributed by atoms with Crippen molar-refractivity contribution in [2.45, 2.75) is 23.4 Å². The summed E-state index contributed by atoms with van der Waals surface area (Å²) in [5, 5.41) is 11.5. The van der Waals surface area contributed by atoms with Crippen LogP contribution in [-0.2, 0) is 4.79 Å². The molecule has 3 aromatic rings. The van der Waals surface area contributed by atoms with Crippen LogP contribution in [0.25, 0.3) is 11.4 Å². The van der Waals surface area contributed by atoms with E-state index in [4.69, 9.17) is 0 Å². The minimum absolute atomic E-state index is 0.230. The molecule has 0 saturated heterocycles. The predicted molar refractivity (Wildman–Crippen MR) is 98.7 cm³/mol. The Morgan fingerprint density at radius 2 is 1.69 bits per heavy atom. The number of amides is 1. The second-order valence-electron chi connectivity index (χ2n) is 5.97. The average molecular weight is 364 g/mol. The summed E-state index contributed by atoms with van der Waals surface area (Å²) in [6.07, 6.45) is 0. The molecule has 4 rings (SSSR count). The first-order valence-corrected chi connectivity index (χ1v) is 9.07. The van der Waals surface area contributed by atoms with Gasteiger partial charge < -0.3 is 5.32 Å². The zero-order valence-electron chi connectivity index (χ0n) is 14.0. The van der Waals surface area contributed by atoms with Gasteiger partial charge in [-0.3, -0.25) is 9.59 Å². The summed E-state index contributed by atoms with van der Waals surface area (Å²) >= 11 is 1.43. The number of rotatable bonds is 3. The molecule has 0 aliphatic carbocycles. The summed E-state index contributed by atoms with van der Waals surface area (Å²) in [6, 6.07) is 18.4. The molecule has 0 saturated carbocycles. The first-order valence-electron chi connectivity index (χ1n) is 8.19. The first kappa shape index (κ1) is 16.5. The van der Waals surface area contributed by atoms with Crippen molar-refractivity contribution < 1.29 is 9.59 Å². The number of benzene rings is 2. The van der Waals surface area contributed by atoms with Gasteiger partial charge in [0, 0.05) is 12.5 Å². The predicted octanol–water partition coefficient (Wildman–Crippen LogP) is 2.94. The minimum Gasteiger partial charge on any atom is -0.343 e. The number of nitrogens with one attached hydrogen (secondary N) is 1. The Morgan fingerprint density at radius 1 is 1.04 bits per heavy atom. The van der Waals surface area contributed by atoms with Gasteiger partial charge in [-0.25, -0.2) is 4.57 Å². The highest BCUT2D eigenvalue weighted by Crippen LogP contribution is 2.42. The summed E-state index contributed by atoms with van der Waals surface area (Å²) in [4.78, 5) is 25.0. The lowest BCUT2D eigenvalue weighted by Crippen LogP contribution is -2.48. The number of nitrogens with zero attached hydrogens (tertiary/aromatic N) is 3. The fourth-order valence-corrected chi connectivity index (χ4v) is 4.24. The van der Waals surface area contributed by atoms with Gasteiger partial charge in [0.15, 0.2) is 11.0 Å². The SMILES string of the molecule is CC(=O)N[C@@H]1C(=O)n2c(nnc2-c2ccccc2)S[C@@H]1c1ccccc1. The molecule has 1 aliphatic heterocycles. The van der Waals surface area contributed by atoms with E-state index in [0.29, 0.717) is 11.0 Å². The van der Waals surface area contributed by atoms with E-state index in [0.717, 1.165) is 11.1 Å². The average Bonchev–Trinajstić information content (AvgIpc) is 3.09. The highest BCUT2D eigenvalue weighted by molar-refractivity contribution is 7.99. The molecule has 0 unspecified atom stereocenters. The third kappa shape index (κ3) is 2.90. The highest BCUT2D eigenvalue weighted by atomic mass is 32.2. The Labute approximate surface area is 154 Å². The van der Waals surface area contributed by atoms with E-state index in [1.807, 2.05) is 60.7 Å². The molecule has 7 heteroatoms. The van der Waals surface area contributed by atoms with Crippen molar-refractivity contribution in [3.63, 3.8) is 0 Å². The zero-order chi connectivity index (χ0) is 18.1. The van der Waals surface area contributed by atoms with Crippen LogP contribution in [0.4, 0.5) is 0 Å². The van der Waals surface area contributed by atoms with Crippen molar-refractivity contribution in [3.8, 4) is 11.4 Å². The summed E-state index contributed by atoms with van der Waals surface area (Å²) in [5.41, 5.74) is 1.76. The Morgan fingerprint density at radius 3 is 2.35 bits per heavy atom. The first-order chi connectivity index (χ1) is 12.6. The molecule has 26 heavy (non-hydrogen) atoms. The van der Waals surface area contributed by atoms with Gasteiger partial charge in [-0.05, 0) is 5.56 Å². The Bertz CT molecular complexity index is 956. The molecule has 0 spiro atoms. The molecule has 2 heterocycles. The molecular formula is C19H16N4O2S. The Balaban J connectivity index is 1.81. The van der Waals surface area contributed by atoms with Crippen LogP contribution in [-0.4, -0.2) is 32.6 Å². The van der Waals surface area contributed by atoms with E-state index in [1.165, 1.54) is 23.3 Å². The molecule has 1 amide bonds. The van der Waals surface area contributed by atoms with E-state index in [-0.39, 0.29) is 17.1 Å². The number of carbonyl (C=O) groups is 2.